The highest BCUT2D eigenvalue weighted by molar-refractivity contribution is 6.04. The lowest BCUT2D eigenvalue weighted by Gasteiger charge is -2.18. The number of ether oxygens (including phenoxy) is 1. The van der Waals surface area contributed by atoms with Gasteiger partial charge in [0.05, 0.1) is 0 Å². The van der Waals surface area contributed by atoms with Gasteiger partial charge >= 0.3 is 6.36 Å². The molecule has 2 heterocycles. The molecule has 0 saturated carbocycles. The predicted molar refractivity (Wildman–Crippen MR) is 104 cm³/mol. The fraction of sp³-hybridized carbons (Fsp3) is 0.238. The van der Waals surface area contributed by atoms with Gasteiger partial charge in [0.15, 0.2) is 0 Å². The lowest BCUT2D eigenvalue weighted by atomic mass is 10.2. The number of H-pyrrole nitrogens is 1. The Bertz CT molecular complexity index is 1120. The third-order valence-electron chi connectivity index (χ3n) is 4.90. The Kier molecular flexibility index (Phi) is 4.89. The second-order valence-electron chi connectivity index (χ2n) is 7.12. The van der Waals surface area contributed by atoms with Crippen LogP contribution in [0.4, 0.5) is 18.9 Å². The van der Waals surface area contributed by atoms with Crippen molar-refractivity contribution in [2.75, 3.05) is 11.4 Å². The van der Waals surface area contributed by atoms with Crippen molar-refractivity contribution in [2.24, 2.45) is 0 Å². The Labute approximate surface area is 169 Å². The number of hydrogen-bond acceptors (Lipinski definition) is 3. The maximum atomic E-state index is 12.7. The Balaban J connectivity index is 1.46. The number of nitrogens with one attached hydrogen (secondary N) is 2. The number of amides is 2. The van der Waals surface area contributed by atoms with E-state index in [0.717, 1.165) is 28.6 Å². The average Bonchev–Trinajstić information content (AvgIpc) is 3.24. The number of alkyl halides is 3. The highest BCUT2D eigenvalue weighted by atomic mass is 19.4. The first-order valence-corrected chi connectivity index (χ1v) is 9.27. The number of halogens is 3. The number of hydrogen-bond donors (Lipinski definition) is 2. The first-order valence-electron chi connectivity index (χ1n) is 9.27. The topological polar surface area (TPSA) is 74.4 Å². The summed E-state index contributed by atoms with van der Waals surface area (Å²) in [5.41, 5.74) is 2.48. The van der Waals surface area contributed by atoms with Crippen LogP contribution in [0, 0.1) is 6.92 Å². The van der Waals surface area contributed by atoms with Gasteiger partial charge in [0.2, 0.25) is 5.91 Å². The largest absolute Gasteiger partial charge is 0.573 e. The second kappa shape index (κ2) is 7.40. The minimum absolute atomic E-state index is 0.269. The van der Waals surface area contributed by atoms with E-state index < -0.39 is 24.1 Å². The van der Waals surface area contributed by atoms with Crippen LogP contribution in [-0.4, -0.2) is 35.7 Å². The predicted octanol–water partition coefficient (Wildman–Crippen LogP) is 3.91. The van der Waals surface area contributed by atoms with Crippen molar-refractivity contribution in [2.45, 2.75) is 25.7 Å². The first kappa shape index (κ1) is 19.8. The van der Waals surface area contributed by atoms with Gasteiger partial charge in [-0.25, -0.2) is 0 Å². The number of nitrogens with zero attached hydrogens (tertiary/aromatic N) is 1. The van der Waals surface area contributed by atoms with Crippen LogP contribution in [0.25, 0.3) is 10.9 Å². The number of fused-ring (bicyclic) bond motifs is 1. The zero-order valence-corrected chi connectivity index (χ0v) is 15.9. The lowest BCUT2D eigenvalue weighted by Crippen LogP contribution is -2.41. The molecule has 156 valence electrons. The average molecular weight is 417 g/mol. The zero-order valence-electron chi connectivity index (χ0n) is 15.9. The molecule has 1 aliphatic heterocycles. The highest BCUT2D eigenvalue weighted by Crippen LogP contribution is 2.29. The van der Waals surface area contributed by atoms with Crippen molar-refractivity contribution >= 4 is 28.4 Å². The monoisotopic (exact) mass is 417 g/mol. The number of aryl methyl sites for hydroxylation is 1. The van der Waals surface area contributed by atoms with E-state index in [-0.39, 0.29) is 18.1 Å². The molecule has 4 rings (SSSR count). The quantitative estimate of drug-likeness (QED) is 0.676. The molecule has 1 aromatic heterocycles. The molecule has 0 radical (unpaired) electrons. The molecule has 2 N–H and O–H groups in total. The minimum Gasteiger partial charge on any atom is -0.406 e. The van der Waals surface area contributed by atoms with E-state index in [9.17, 15) is 22.8 Å². The van der Waals surface area contributed by atoms with Crippen LogP contribution in [0.15, 0.2) is 48.5 Å². The first-order chi connectivity index (χ1) is 14.2. The zero-order chi connectivity index (χ0) is 21.5. The van der Waals surface area contributed by atoms with Gasteiger partial charge in [0, 0.05) is 29.2 Å². The summed E-state index contributed by atoms with van der Waals surface area (Å²) in [6, 6.07) is 11.9. The molecule has 0 spiro atoms. The smallest absolute Gasteiger partial charge is 0.406 e. The fourth-order valence-electron chi connectivity index (χ4n) is 3.52. The van der Waals surface area contributed by atoms with Crippen LogP contribution >= 0.6 is 0 Å². The third-order valence-corrected chi connectivity index (χ3v) is 4.90. The van der Waals surface area contributed by atoms with Crippen LogP contribution in [0.1, 0.15) is 22.5 Å². The molecule has 1 fully saturated rings. The summed E-state index contributed by atoms with van der Waals surface area (Å²) >= 11 is 0. The fourth-order valence-corrected chi connectivity index (χ4v) is 3.52. The van der Waals surface area contributed by atoms with Crippen molar-refractivity contribution in [1.29, 1.82) is 0 Å². The number of benzene rings is 2. The maximum Gasteiger partial charge on any atom is 0.573 e. The molecule has 3 aromatic rings. The molecular formula is C21H18F3N3O3. The van der Waals surface area contributed by atoms with Crippen molar-refractivity contribution in [1.82, 2.24) is 10.3 Å². The molecule has 9 heteroatoms. The second-order valence-corrected chi connectivity index (χ2v) is 7.12. The number of aromatic nitrogens is 1. The van der Waals surface area contributed by atoms with Crippen LogP contribution in [0.5, 0.6) is 5.75 Å². The van der Waals surface area contributed by atoms with Gasteiger partial charge in [-0.05, 0) is 43.2 Å². The minimum atomic E-state index is -4.82. The Morgan fingerprint density at radius 3 is 2.77 bits per heavy atom. The summed E-state index contributed by atoms with van der Waals surface area (Å²) in [7, 11) is 0. The Morgan fingerprint density at radius 1 is 1.20 bits per heavy atom. The number of carbonyl (C=O) groups excluding carboxylic acids is 2. The van der Waals surface area contributed by atoms with Gasteiger partial charge in [-0.1, -0.05) is 18.2 Å². The number of carbonyl (C=O) groups is 2. The number of aromatic amines is 1. The molecule has 1 unspecified atom stereocenters. The van der Waals surface area contributed by atoms with E-state index in [2.05, 4.69) is 15.0 Å². The molecule has 6 nitrogen and oxygen atoms in total. The molecule has 30 heavy (non-hydrogen) atoms. The summed E-state index contributed by atoms with van der Waals surface area (Å²) in [5.74, 6) is -1.22. The van der Waals surface area contributed by atoms with Gasteiger partial charge in [0.25, 0.3) is 5.91 Å². The van der Waals surface area contributed by atoms with E-state index in [0.29, 0.717) is 12.1 Å². The van der Waals surface area contributed by atoms with Gasteiger partial charge in [-0.15, -0.1) is 13.2 Å². The van der Waals surface area contributed by atoms with E-state index in [1.807, 2.05) is 25.1 Å². The standard InChI is InChI=1S/C21H18F3N3O3/c1-12-5-6-13-10-18(25-17(13)9-12)19(28)26-16-7-8-27(20(16)29)14-3-2-4-15(11-14)30-21(22,23)24/h2-6,9-11,16,25H,7-8H2,1H3,(H,26,28). The van der Waals surface area contributed by atoms with Gasteiger partial charge in [-0.3, -0.25) is 9.59 Å². The molecule has 2 aromatic carbocycles. The molecule has 0 bridgehead atoms. The van der Waals surface area contributed by atoms with E-state index >= 15 is 0 Å². The summed E-state index contributed by atoms with van der Waals surface area (Å²) in [5, 5.41) is 3.58. The van der Waals surface area contributed by atoms with Crippen LogP contribution in [-0.2, 0) is 4.79 Å². The SMILES string of the molecule is Cc1ccc2cc(C(=O)NC3CCN(c4cccc(OC(F)(F)F)c4)C3=O)[nH]c2c1. The lowest BCUT2D eigenvalue weighted by molar-refractivity contribution is -0.274. The van der Waals surface area contributed by atoms with E-state index in [4.69, 9.17) is 0 Å². The highest BCUT2D eigenvalue weighted by Gasteiger charge is 2.35. The molecule has 1 atom stereocenters. The van der Waals surface area contributed by atoms with Crippen LogP contribution in [0.3, 0.4) is 0 Å². The van der Waals surface area contributed by atoms with Gasteiger partial charge in [-0.2, -0.15) is 0 Å². The summed E-state index contributed by atoms with van der Waals surface area (Å²) in [6.45, 7) is 2.21. The number of rotatable bonds is 4. The molecule has 2 amide bonds. The van der Waals surface area contributed by atoms with Crippen molar-refractivity contribution in [3.05, 3.63) is 59.8 Å². The molecule has 1 aliphatic rings. The summed E-state index contributed by atoms with van der Waals surface area (Å²) < 4.78 is 41.2. The van der Waals surface area contributed by atoms with Crippen molar-refractivity contribution < 1.29 is 27.5 Å². The molecular weight excluding hydrogens is 399 g/mol. The van der Waals surface area contributed by atoms with Gasteiger partial charge in [0.1, 0.15) is 17.5 Å². The van der Waals surface area contributed by atoms with E-state index in [1.54, 1.807) is 6.07 Å². The Morgan fingerprint density at radius 2 is 2.00 bits per heavy atom. The van der Waals surface area contributed by atoms with Crippen molar-refractivity contribution in [3.63, 3.8) is 0 Å². The Hall–Kier alpha value is -3.49. The molecule has 1 saturated heterocycles. The van der Waals surface area contributed by atoms with Crippen LogP contribution < -0.4 is 15.0 Å². The van der Waals surface area contributed by atoms with Crippen molar-refractivity contribution in [3.8, 4) is 5.75 Å². The normalized spacial score (nSPS) is 16.9. The number of anilines is 1. The maximum absolute atomic E-state index is 12.7. The van der Waals surface area contributed by atoms with Gasteiger partial charge < -0.3 is 19.9 Å². The molecule has 0 aliphatic carbocycles. The van der Waals surface area contributed by atoms with E-state index in [1.165, 1.54) is 17.0 Å². The summed E-state index contributed by atoms with van der Waals surface area (Å²) in [4.78, 5) is 29.7. The summed E-state index contributed by atoms with van der Waals surface area (Å²) in [6.07, 6.45) is -4.48. The van der Waals surface area contributed by atoms with Crippen LogP contribution in [0.2, 0.25) is 0 Å². The third kappa shape index (κ3) is 4.10.